The number of phenols is 1. The van der Waals surface area contributed by atoms with Crippen molar-refractivity contribution >= 4 is 38.6 Å². The standard InChI is InChI=1S/C10H8ClNO3S2/c11-9-4-5-10(16-9)17(14,15)12-7-2-1-3-8(13)6-7/h1-6,12-13H. The smallest absolute Gasteiger partial charge is 0.271 e. The first-order chi connectivity index (χ1) is 7.97. The van der Waals surface area contributed by atoms with Gasteiger partial charge < -0.3 is 5.11 Å². The second-order valence-corrected chi connectivity index (χ2v) is 6.84. The van der Waals surface area contributed by atoms with Crippen molar-refractivity contribution in [3.8, 4) is 5.75 Å². The van der Waals surface area contributed by atoms with E-state index in [4.69, 9.17) is 11.6 Å². The van der Waals surface area contributed by atoms with Gasteiger partial charge >= 0.3 is 0 Å². The predicted molar refractivity (Wildman–Crippen MR) is 68.2 cm³/mol. The molecule has 1 aromatic carbocycles. The molecule has 0 unspecified atom stereocenters. The number of benzene rings is 1. The highest BCUT2D eigenvalue weighted by atomic mass is 35.5. The number of rotatable bonds is 3. The molecule has 0 spiro atoms. The van der Waals surface area contributed by atoms with Crippen LogP contribution in [0.2, 0.25) is 4.34 Å². The van der Waals surface area contributed by atoms with Crippen molar-refractivity contribution in [2.75, 3.05) is 4.72 Å². The number of phenolic OH excluding ortho intramolecular Hbond substituents is 1. The van der Waals surface area contributed by atoms with E-state index in [1.807, 2.05) is 0 Å². The van der Waals surface area contributed by atoms with Crippen molar-refractivity contribution in [1.29, 1.82) is 0 Å². The van der Waals surface area contributed by atoms with Crippen LogP contribution in [0.25, 0.3) is 0 Å². The second-order valence-electron chi connectivity index (χ2n) is 3.21. The number of aromatic hydroxyl groups is 1. The largest absolute Gasteiger partial charge is 0.508 e. The summed E-state index contributed by atoms with van der Waals surface area (Å²) in [5.41, 5.74) is 0.300. The summed E-state index contributed by atoms with van der Waals surface area (Å²) in [4.78, 5) is 0. The molecule has 4 nitrogen and oxygen atoms in total. The van der Waals surface area contributed by atoms with E-state index in [9.17, 15) is 13.5 Å². The number of halogens is 1. The topological polar surface area (TPSA) is 66.4 Å². The zero-order valence-electron chi connectivity index (χ0n) is 8.42. The molecule has 1 aromatic heterocycles. The highest BCUT2D eigenvalue weighted by Gasteiger charge is 2.16. The number of anilines is 1. The van der Waals surface area contributed by atoms with Gasteiger partial charge in [0.2, 0.25) is 0 Å². The lowest BCUT2D eigenvalue weighted by molar-refractivity contribution is 0.475. The Morgan fingerprint density at radius 3 is 2.59 bits per heavy atom. The van der Waals surface area contributed by atoms with Crippen molar-refractivity contribution < 1.29 is 13.5 Å². The van der Waals surface area contributed by atoms with E-state index in [-0.39, 0.29) is 9.96 Å². The fraction of sp³-hybridized carbons (Fsp3) is 0. The summed E-state index contributed by atoms with van der Waals surface area (Å²) in [6.45, 7) is 0. The van der Waals surface area contributed by atoms with E-state index < -0.39 is 10.0 Å². The van der Waals surface area contributed by atoms with E-state index in [2.05, 4.69) is 4.72 Å². The molecular weight excluding hydrogens is 282 g/mol. The molecule has 0 aliphatic heterocycles. The first-order valence-corrected chi connectivity index (χ1v) is 7.22. The summed E-state index contributed by atoms with van der Waals surface area (Å²) >= 11 is 6.65. The first kappa shape index (κ1) is 12.2. The fourth-order valence-electron chi connectivity index (χ4n) is 1.22. The van der Waals surface area contributed by atoms with Gasteiger partial charge in [-0.3, -0.25) is 4.72 Å². The minimum atomic E-state index is -3.64. The van der Waals surface area contributed by atoms with Gasteiger partial charge in [0.25, 0.3) is 10.0 Å². The van der Waals surface area contributed by atoms with Crippen molar-refractivity contribution in [3.05, 3.63) is 40.7 Å². The Bertz CT molecular complexity index is 637. The Labute approximate surface area is 108 Å². The summed E-state index contributed by atoms with van der Waals surface area (Å²) in [7, 11) is -3.64. The van der Waals surface area contributed by atoms with Crippen LogP contribution in [0.1, 0.15) is 0 Å². The third-order valence-electron chi connectivity index (χ3n) is 1.91. The van der Waals surface area contributed by atoms with Crippen LogP contribution in [-0.4, -0.2) is 13.5 Å². The van der Waals surface area contributed by atoms with Gasteiger partial charge in [0.05, 0.1) is 10.0 Å². The van der Waals surface area contributed by atoms with E-state index in [1.54, 1.807) is 12.1 Å². The Morgan fingerprint density at radius 1 is 1.24 bits per heavy atom. The van der Waals surface area contributed by atoms with Gasteiger partial charge in [-0.1, -0.05) is 17.7 Å². The summed E-state index contributed by atoms with van der Waals surface area (Å²) in [6, 6.07) is 8.83. The van der Waals surface area contributed by atoms with Gasteiger partial charge in [-0.05, 0) is 24.3 Å². The molecule has 0 bridgehead atoms. The van der Waals surface area contributed by atoms with Gasteiger partial charge in [-0.25, -0.2) is 8.42 Å². The molecule has 2 rings (SSSR count). The molecule has 7 heteroatoms. The maximum Gasteiger partial charge on any atom is 0.271 e. The maximum absolute atomic E-state index is 11.9. The second kappa shape index (κ2) is 4.56. The highest BCUT2D eigenvalue weighted by molar-refractivity contribution is 7.94. The Morgan fingerprint density at radius 2 is 2.00 bits per heavy atom. The van der Waals surface area contributed by atoms with Crippen LogP contribution in [0.4, 0.5) is 5.69 Å². The molecule has 0 aliphatic carbocycles. The highest BCUT2D eigenvalue weighted by Crippen LogP contribution is 2.27. The van der Waals surface area contributed by atoms with Crippen LogP contribution in [0.3, 0.4) is 0 Å². The average molecular weight is 290 g/mol. The predicted octanol–water partition coefficient (Wildman–Crippen LogP) is 2.91. The number of hydrogen-bond donors (Lipinski definition) is 2. The first-order valence-electron chi connectivity index (χ1n) is 4.54. The van der Waals surface area contributed by atoms with Gasteiger partial charge in [0, 0.05) is 6.07 Å². The lowest BCUT2D eigenvalue weighted by atomic mass is 10.3. The van der Waals surface area contributed by atoms with E-state index in [0.717, 1.165) is 11.3 Å². The molecule has 0 fully saturated rings. The van der Waals surface area contributed by atoms with Crippen molar-refractivity contribution in [3.63, 3.8) is 0 Å². The Balaban J connectivity index is 2.29. The zero-order chi connectivity index (χ0) is 12.5. The van der Waals surface area contributed by atoms with Gasteiger partial charge in [-0.2, -0.15) is 0 Å². The molecule has 0 saturated carbocycles. The minimum absolute atomic E-state index is 0.00517. The summed E-state index contributed by atoms with van der Waals surface area (Å²) < 4.78 is 26.7. The molecule has 2 N–H and O–H groups in total. The average Bonchev–Trinajstić information content (AvgIpc) is 2.65. The van der Waals surface area contributed by atoms with Crippen molar-refractivity contribution in [2.45, 2.75) is 4.21 Å². The van der Waals surface area contributed by atoms with E-state index >= 15 is 0 Å². The van der Waals surface area contributed by atoms with Crippen LogP contribution in [0, 0.1) is 0 Å². The Kier molecular flexibility index (Phi) is 3.28. The van der Waals surface area contributed by atoms with E-state index in [1.165, 1.54) is 24.3 Å². The maximum atomic E-state index is 11.9. The third kappa shape index (κ3) is 2.91. The number of thiophene rings is 1. The van der Waals surface area contributed by atoms with Crippen molar-refractivity contribution in [1.82, 2.24) is 0 Å². The van der Waals surface area contributed by atoms with Crippen LogP contribution < -0.4 is 4.72 Å². The minimum Gasteiger partial charge on any atom is -0.508 e. The third-order valence-corrected chi connectivity index (χ3v) is 5.02. The van der Waals surface area contributed by atoms with Crippen molar-refractivity contribution in [2.24, 2.45) is 0 Å². The van der Waals surface area contributed by atoms with Gasteiger partial charge in [0.15, 0.2) is 0 Å². The SMILES string of the molecule is O=S(=O)(Nc1cccc(O)c1)c1ccc(Cl)s1. The lowest BCUT2D eigenvalue weighted by Gasteiger charge is -2.05. The summed E-state index contributed by atoms with van der Waals surface area (Å²) in [5.74, 6) is -0.00517. The molecule has 0 aliphatic rings. The molecule has 0 atom stereocenters. The van der Waals surface area contributed by atoms with Crippen LogP contribution >= 0.6 is 22.9 Å². The molecular formula is C10H8ClNO3S2. The summed E-state index contributed by atoms with van der Waals surface area (Å²) in [6.07, 6.45) is 0. The molecule has 0 radical (unpaired) electrons. The number of sulfonamides is 1. The van der Waals surface area contributed by atoms with E-state index in [0.29, 0.717) is 10.0 Å². The fourth-order valence-corrected chi connectivity index (χ4v) is 3.75. The molecule has 1 heterocycles. The molecule has 2 aromatic rings. The molecule has 0 amide bonds. The van der Waals surface area contributed by atoms with Crippen LogP contribution in [0.15, 0.2) is 40.6 Å². The lowest BCUT2D eigenvalue weighted by Crippen LogP contribution is -2.11. The number of nitrogens with one attached hydrogen (secondary N) is 1. The normalized spacial score (nSPS) is 11.4. The molecule has 17 heavy (non-hydrogen) atoms. The van der Waals surface area contributed by atoms with Gasteiger partial charge in [-0.15, -0.1) is 11.3 Å². The van der Waals surface area contributed by atoms with Gasteiger partial charge in [0.1, 0.15) is 9.96 Å². The summed E-state index contributed by atoms with van der Waals surface area (Å²) in [5, 5.41) is 9.23. The monoisotopic (exact) mass is 289 g/mol. The quantitative estimate of drug-likeness (QED) is 0.913. The Hall–Kier alpha value is -1.24. The number of hydrogen-bond acceptors (Lipinski definition) is 4. The van der Waals surface area contributed by atoms with Crippen LogP contribution in [-0.2, 0) is 10.0 Å². The molecule has 90 valence electrons. The molecule has 0 saturated heterocycles. The van der Waals surface area contributed by atoms with Crippen LogP contribution in [0.5, 0.6) is 5.75 Å². The zero-order valence-corrected chi connectivity index (χ0v) is 10.8.